The van der Waals surface area contributed by atoms with E-state index in [1.807, 2.05) is 38.1 Å². The molecule has 1 N–H and O–H groups in total. The van der Waals surface area contributed by atoms with E-state index < -0.39 is 18.1 Å². The number of aliphatic hydroxyl groups is 1. The molecular formula is C17H18F3N5O. The summed E-state index contributed by atoms with van der Waals surface area (Å²) in [6, 6.07) is 10.4. The van der Waals surface area contributed by atoms with E-state index >= 15 is 0 Å². The van der Waals surface area contributed by atoms with Gasteiger partial charge in [-0.15, -0.1) is 15.3 Å². The molecule has 0 radical (unpaired) electrons. The molecule has 0 amide bonds. The van der Waals surface area contributed by atoms with Crippen LogP contribution in [0.3, 0.4) is 0 Å². The fraction of sp³-hybridized carbons (Fsp3) is 0.353. The van der Waals surface area contributed by atoms with Crippen molar-refractivity contribution in [2.75, 3.05) is 18.0 Å². The largest absolute Gasteiger partial charge is 0.453 e. The molecule has 0 saturated heterocycles. The first kappa shape index (κ1) is 18.1. The van der Waals surface area contributed by atoms with Crippen molar-refractivity contribution in [3.63, 3.8) is 0 Å². The summed E-state index contributed by atoms with van der Waals surface area (Å²) in [6.45, 7) is 4.45. The third-order valence-electron chi connectivity index (χ3n) is 4.06. The van der Waals surface area contributed by atoms with Crippen molar-refractivity contribution in [3.05, 3.63) is 53.3 Å². The van der Waals surface area contributed by atoms with Crippen molar-refractivity contribution in [2.45, 2.75) is 26.1 Å². The molecule has 0 saturated carbocycles. The average Bonchev–Trinajstić information content (AvgIpc) is 3.03. The third-order valence-corrected chi connectivity index (χ3v) is 4.06. The molecule has 1 atom stereocenters. The molecule has 1 unspecified atom stereocenters. The minimum absolute atomic E-state index is 0.0104. The van der Waals surface area contributed by atoms with Crippen LogP contribution in [0, 0.1) is 6.92 Å². The van der Waals surface area contributed by atoms with E-state index in [0.717, 1.165) is 11.1 Å². The molecule has 3 aromatic rings. The number of hydrogen-bond acceptors (Lipinski definition) is 5. The summed E-state index contributed by atoms with van der Waals surface area (Å²) in [5.41, 5.74) is 1.82. The Hall–Kier alpha value is -2.68. The smallest absolute Gasteiger partial charge is 0.387 e. The normalized spacial score (nSPS) is 13.2. The lowest BCUT2D eigenvalue weighted by Gasteiger charge is -2.25. The molecule has 2 aromatic heterocycles. The standard InChI is InChI=1S/C17H18F3N5O/c1-3-24(10-13(26)12-6-4-11(2)5-7-12)15-9-8-14-21-22-16(17(18,19)20)25(14)23-15/h4-9,13,26H,3,10H2,1-2H3. The highest BCUT2D eigenvalue weighted by atomic mass is 19.4. The van der Waals surface area contributed by atoms with Gasteiger partial charge in [-0.2, -0.15) is 17.7 Å². The average molecular weight is 365 g/mol. The summed E-state index contributed by atoms with van der Waals surface area (Å²) < 4.78 is 39.7. The first-order chi connectivity index (χ1) is 12.3. The second kappa shape index (κ2) is 6.91. The molecule has 3 rings (SSSR count). The van der Waals surface area contributed by atoms with E-state index in [2.05, 4.69) is 15.3 Å². The van der Waals surface area contributed by atoms with E-state index in [1.54, 1.807) is 11.0 Å². The molecule has 0 bridgehead atoms. The van der Waals surface area contributed by atoms with Crippen molar-refractivity contribution in [1.82, 2.24) is 19.8 Å². The topological polar surface area (TPSA) is 66.5 Å². The van der Waals surface area contributed by atoms with Crippen molar-refractivity contribution in [1.29, 1.82) is 0 Å². The highest BCUT2D eigenvalue weighted by Gasteiger charge is 2.37. The number of benzene rings is 1. The van der Waals surface area contributed by atoms with Gasteiger partial charge in [0.25, 0.3) is 5.82 Å². The number of likely N-dealkylation sites (N-methyl/N-ethyl adjacent to an activating group) is 1. The maximum atomic E-state index is 13.0. The molecule has 0 aliphatic carbocycles. The van der Waals surface area contributed by atoms with Crippen molar-refractivity contribution >= 4 is 11.5 Å². The van der Waals surface area contributed by atoms with E-state index in [0.29, 0.717) is 16.9 Å². The number of aromatic nitrogens is 4. The van der Waals surface area contributed by atoms with Gasteiger partial charge in [0.2, 0.25) is 0 Å². The summed E-state index contributed by atoms with van der Waals surface area (Å²) in [5.74, 6) is -0.874. The van der Waals surface area contributed by atoms with Gasteiger partial charge in [-0.3, -0.25) is 0 Å². The quantitative estimate of drug-likeness (QED) is 0.753. The Morgan fingerprint density at radius 2 is 1.81 bits per heavy atom. The van der Waals surface area contributed by atoms with Crippen molar-refractivity contribution < 1.29 is 18.3 Å². The summed E-state index contributed by atoms with van der Waals surface area (Å²) in [4.78, 5) is 1.70. The predicted octanol–water partition coefficient (Wildman–Crippen LogP) is 3.01. The first-order valence-corrected chi connectivity index (χ1v) is 8.09. The zero-order valence-electron chi connectivity index (χ0n) is 14.3. The summed E-state index contributed by atoms with van der Waals surface area (Å²) in [7, 11) is 0. The van der Waals surface area contributed by atoms with Gasteiger partial charge in [-0.25, -0.2) is 0 Å². The Labute approximate surface area is 147 Å². The number of aliphatic hydroxyl groups excluding tert-OH is 1. The van der Waals surface area contributed by atoms with Crippen LogP contribution in [-0.2, 0) is 6.18 Å². The van der Waals surface area contributed by atoms with Crippen molar-refractivity contribution in [2.24, 2.45) is 0 Å². The van der Waals surface area contributed by atoms with Crippen LogP contribution in [0.2, 0.25) is 0 Å². The van der Waals surface area contributed by atoms with Gasteiger partial charge in [0.05, 0.1) is 6.10 Å². The maximum Gasteiger partial charge on any atom is 0.453 e. The molecule has 26 heavy (non-hydrogen) atoms. The van der Waals surface area contributed by atoms with Gasteiger partial charge in [-0.05, 0) is 31.5 Å². The van der Waals surface area contributed by atoms with E-state index in [9.17, 15) is 18.3 Å². The third kappa shape index (κ3) is 3.62. The van der Waals surface area contributed by atoms with Crippen LogP contribution in [-0.4, -0.2) is 38.0 Å². The first-order valence-electron chi connectivity index (χ1n) is 8.09. The molecule has 0 aliphatic heterocycles. The Balaban J connectivity index is 1.88. The summed E-state index contributed by atoms with van der Waals surface area (Å²) in [5, 5.41) is 21.1. The maximum absolute atomic E-state index is 13.0. The number of fused-ring (bicyclic) bond motifs is 1. The number of halogens is 3. The van der Waals surface area contributed by atoms with Crippen LogP contribution in [0.25, 0.3) is 5.65 Å². The van der Waals surface area contributed by atoms with E-state index in [1.165, 1.54) is 6.07 Å². The molecule has 1 aromatic carbocycles. The lowest BCUT2D eigenvalue weighted by molar-refractivity contribution is -0.146. The molecule has 0 fully saturated rings. The zero-order chi connectivity index (χ0) is 18.9. The Kier molecular flexibility index (Phi) is 4.82. The highest BCUT2D eigenvalue weighted by Crippen LogP contribution is 2.28. The van der Waals surface area contributed by atoms with Gasteiger partial charge in [0.1, 0.15) is 5.82 Å². The molecule has 9 heteroatoms. The predicted molar refractivity (Wildman–Crippen MR) is 89.8 cm³/mol. The number of alkyl halides is 3. The fourth-order valence-electron chi connectivity index (χ4n) is 2.61. The van der Waals surface area contributed by atoms with Crippen LogP contribution in [0.1, 0.15) is 30.0 Å². The van der Waals surface area contributed by atoms with Gasteiger partial charge in [0.15, 0.2) is 5.65 Å². The van der Waals surface area contributed by atoms with Crippen molar-refractivity contribution in [3.8, 4) is 0 Å². The van der Waals surface area contributed by atoms with Crippen LogP contribution in [0.5, 0.6) is 0 Å². The van der Waals surface area contributed by atoms with Crippen LogP contribution in [0.15, 0.2) is 36.4 Å². The summed E-state index contributed by atoms with van der Waals surface area (Å²) >= 11 is 0. The molecule has 138 valence electrons. The lowest BCUT2D eigenvalue weighted by atomic mass is 10.1. The van der Waals surface area contributed by atoms with Crippen LogP contribution < -0.4 is 4.90 Å². The molecule has 0 spiro atoms. The Morgan fingerprint density at radius 1 is 1.12 bits per heavy atom. The van der Waals surface area contributed by atoms with Gasteiger partial charge in [0, 0.05) is 13.1 Å². The van der Waals surface area contributed by atoms with Crippen LogP contribution in [0.4, 0.5) is 19.0 Å². The highest BCUT2D eigenvalue weighted by molar-refractivity contribution is 5.46. The van der Waals surface area contributed by atoms with E-state index in [-0.39, 0.29) is 12.2 Å². The van der Waals surface area contributed by atoms with Gasteiger partial charge in [-0.1, -0.05) is 29.8 Å². The number of nitrogens with zero attached hydrogens (tertiary/aromatic N) is 5. The fourth-order valence-corrected chi connectivity index (χ4v) is 2.61. The summed E-state index contributed by atoms with van der Waals surface area (Å²) in [6.07, 6.45) is -5.44. The molecule has 2 heterocycles. The molecule has 0 aliphatic rings. The monoisotopic (exact) mass is 365 g/mol. The second-order valence-electron chi connectivity index (χ2n) is 5.95. The minimum atomic E-state index is -4.65. The SMILES string of the molecule is CCN(CC(O)c1ccc(C)cc1)c1ccc2nnc(C(F)(F)F)n2n1. The number of rotatable bonds is 5. The minimum Gasteiger partial charge on any atom is -0.387 e. The van der Waals surface area contributed by atoms with Gasteiger partial charge >= 0.3 is 6.18 Å². The zero-order valence-corrected chi connectivity index (χ0v) is 14.3. The second-order valence-corrected chi connectivity index (χ2v) is 5.95. The number of hydrogen-bond donors (Lipinski definition) is 1. The lowest BCUT2D eigenvalue weighted by Crippen LogP contribution is -2.29. The number of aryl methyl sites for hydroxylation is 1. The molecular weight excluding hydrogens is 347 g/mol. The number of anilines is 1. The Morgan fingerprint density at radius 3 is 2.42 bits per heavy atom. The Bertz CT molecular complexity index is 892. The molecule has 6 nitrogen and oxygen atoms in total. The van der Waals surface area contributed by atoms with Crippen LogP contribution >= 0.6 is 0 Å². The van der Waals surface area contributed by atoms with E-state index in [4.69, 9.17) is 0 Å². The van der Waals surface area contributed by atoms with Gasteiger partial charge < -0.3 is 10.0 Å².